The van der Waals surface area contributed by atoms with Gasteiger partial charge >= 0.3 is 0 Å². The molecule has 3 nitrogen and oxygen atoms in total. The molecule has 0 spiro atoms. The average Bonchev–Trinajstić information content (AvgIpc) is 2.65. The predicted octanol–water partition coefficient (Wildman–Crippen LogP) is 5.60. The second-order valence-electron chi connectivity index (χ2n) is 5.77. The number of hydrogen-bond donors (Lipinski definition) is 0. The van der Waals surface area contributed by atoms with Crippen LogP contribution in [-0.4, -0.2) is 12.7 Å². The third kappa shape index (κ3) is 4.43. The molecule has 6 heteroatoms. The summed E-state index contributed by atoms with van der Waals surface area (Å²) in [5.41, 5.74) is 1.83. The lowest BCUT2D eigenvalue weighted by molar-refractivity contribution is 0.400. The monoisotopic (exact) mass is 493 g/mol. The van der Waals surface area contributed by atoms with Gasteiger partial charge in [-0.25, -0.2) is 8.42 Å². The van der Waals surface area contributed by atoms with E-state index in [1.807, 2.05) is 54.6 Å². The van der Waals surface area contributed by atoms with Crippen LogP contribution >= 0.6 is 31.9 Å². The van der Waals surface area contributed by atoms with E-state index in [9.17, 15) is 8.42 Å². The zero-order chi connectivity index (χ0) is 18.6. The highest BCUT2D eigenvalue weighted by atomic mass is 79.9. The Morgan fingerprint density at radius 2 is 1.08 bits per heavy atom. The molecule has 26 heavy (non-hydrogen) atoms. The van der Waals surface area contributed by atoms with Gasteiger partial charge < -0.3 is 0 Å². The van der Waals surface area contributed by atoms with Crippen molar-refractivity contribution in [1.82, 2.24) is 4.31 Å². The average molecular weight is 495 g/mol. The van der Waals surface area contributed by atoms with Gasteiger partial charge in [0.2, 0.25) is 10.0 Å². The van der Waals surface area contributed by atoms with Crippen LogP contribution in [0.15, 0.2) is 92.7 Å². The Kier molecular flexibility index (Phi) is 6.29. The Bertz CT molecular complexity index is 944. The van der Waals surface area contributed by atoms with Crippen LogP contribution in [0, 0.1) is 0 Å². The first-order valence-corrected chi connectivity index (χ1v) is 11.0. The maximum Gasteiger partial charge on any atom is 0.243 e. The summed E-state index contributed by atoms with van der Waals surface area (Å²) in [5, 5.41) is 0. The molecule has 3 rings (SSSR count). The van der Waals surface area contributed by atoms with E-state index in [1.165, 1.54) is 4.31 Å². The van der Waals surface area contributed by atoms with E-state index in [-0.39, 0.29) is 13.1 Å². The molecule has 0 fully saturated rings. The number of nitrogens with zero attached hydrogens (tertiary/aromatic N) is 1. The summed E-state index contributed by atoms with van der Waals surface area (Å²) < 4.78 is 29.8. The maximum atomic E-state index is 13.3. The Balaban J connectivity index is 2.01. The summed E-state index contributed by atoms with van der Waals surface area (Å²) in [4.78, 5) is 0.291. The van der Waals surface area contributed by atoms with Gasteiger partial charge in [-0.15, -0.1) is 0 Å². The molecule has 3 aromatic rings. The molecule has 0 aromatic heterocycles. The zero-order valence-corrected chi connectivity index (χ0v) is 17.8. The van der Waals surface area contributed by atoms with Crippen LogP contribution in [0.3, 0.4) is 0 Å². The van der Waals surface area contributed by atoms with Gasteiger partial charge in [-0.1, -0.05) is 86.5 Å². The quantitative estimate of drug-likeness (QED) is 0.447. The third-order valence-corrected chi connectivity index (χ3v) is 7.34. The van der Waals surface area contributed by atoms with Gasteiger partial charge in [0.1, 0.15) is 0 Å². The fraction of sp³-hybridized carbons (Fsp3) is 0.100. The predicted molar refractivity (Wildman–Crippen MR) is 111 cm³/mol. The second-order valence-corrected chi connectivity index (χ2v) is 9.42. The van der Waals surface area contributed by atoms with E-state index in [2.05, 4.69) is 31.9 Å². The molecule has 0 saturated heterocycles. The fourth-order valence-corrected chi connectivity index (χ4v) is 4.84. The second kappa shape index (κ2) is 8.48. The molecule has 0 saturated carbocycles. The number of hydrogen-bond acceptors (Lipinski definition) is 2. The third-order valence-electron chi connectivity index (χ3n) is 3.99. The van der Waals surface area contributed by atoms with E-state index in [0.29, 0.717) is 4.90 Å². The molecule has 0 N–H and O–H groups in total. The van der Waals surface area contributed by atoms with Gasteiger partial charge in [0.25, 0.3) is 0 Å². The van der Waals surface area contributed by atoms with Crippen LogP contribution in [0.5, 0.6) is 0 Å². The summed E-state index contributed by atoms with van der Waals surface area (Å²) in [6, 6.07) is 23.9. The summed E-state index contributed by atoms with van der Waals surface area (Å²) in [6.07, 6.45) is 0. The number of rotatable bonds is 6. The van der Waals surface area contributed by atoms with Crippen LogP contribution in [0.2, 0.25) is 0 Å². The van der Waals surface area contributed by atoms with Crippen molar-refractivity contribution in [2.75, 3.05) is 0 Å². The van der Waals surface area contributed by atoms with Crippen LogP contribution in [0.1, 0.15) is 11.1 Å². The van der Waals surface area contributed by atoms with Gasteiger partial charge in [-0.3, -0.25) is 0 Å². The van der Waals surface area contributed by atoms with Crippen molar-refractivity contribution in [2.45, 2.75) is 18.0 Å². The van der Waals surface area contributed by atoms with Crippen molar-refractivity contribution in [3.8, 4) is 0 Å². The van der Waals surface area contributed by atoms with Gasteiger partial charge in [-0.05, 0) is 35.4 Å². The SMILES string of the molecule is O=S(=O)(c1ccccc1)N(Cc1ccccc1Br)Cc1ccccc1Br. The van der Waals surface area contributed by atoms with Gasteiger partial charge in [0, 0.05) is 22.0 Å². The smallest absolute Gasteiger partial charge is 0.207 e. The van der Waals surface area contributed by atoms with Crippen molar-refractivity contribution in [2.24, 2.45) is 0 Å². The van der Waals surface area contributed by atoms with Crippen LogP contribution in [0.25, 0.3) is 0 Å². The fourth-order valence-electron chi connectivity index (χ4n) is 2.60. The maximum absolute atomic E-state index is 13.3. The van der Waals surface area contributed by atoms with Crippen molar-refractivity contribution in [3.05, 3.63) is 98.9 Å². The van der Waals surface area contributed by atoms with Crippen molar-refractivity contribution in [3.63, 3.8) is 0 Å². The minimum absolute atomic E-state index is 0.278. The highest BCUT2D eigenvalue weighted by molar-refractivity contribution is 9.10. The first kappa shape index (κ1) is 19.3. The van der Waals surface area contributed by atoms with Crippen LogP contribution in [0.4, 0.5) is 0 Å². The molecular weight excluding hydrogens is 478 g/mol. The Labute approximate surface area is 171 Å². The lowest BCUT2D eigenvalue weighted by atomic mass is 10.2. The summed E-state index contributed by atoms with van der Waals surface area (Å²) in [5.74, 6) is 0. The molecule has 0 atom stereocenters. The molecular formula is C20H17Br2NO2S. The Hall–Kier alpha value is -1.47. The molecule has 0 aliphatic carbocycles. The minimum atomic E-state index is -3.64. The molecule has 0 aliphatic heterocycles. The van der Waals surface area contributed by atoms with E-state index < -0.39 is 10.0 Å². The molecule has 0 radical (unpaired) electrons. The van der Waals surface area contributed by atoms with Crippen molar-refractivity contribution >= 4 is 41.9 Å². The number of halogens is 2. The molecule has 0 unspecified atom stereocenters. The standard InChI is InChI=1S/C20H17Br2NO2S/c21-19-12-6-4-8-16(19)14-23(15-17-9-5-7-13-20(17)22)26(24,25)18-10-2-1-3-11-18/h1-13H,14-15H2. The summed E-state index contributed by atoms with van der Waals surface area (Å²) in [6.45, 7) is 0.556. The Morgan fingerprint density at radius 1 is 0.654 bits per heavy atom. The van der Waals surface area contributed by atoms with Crippen LogP contribution < -0.4 is 0 Å². The first-order chi connectivity index (χ1) is 12.5. The molecule has 0 amide bonds. The first-order valence-electron chi connectivity index (χ1n) is 8.00. The van der Waals surface area contributed by atoms with E-state index in [0.717, 1.165) is 20.1 Å². The minimum Gasteiger partial charge on any atom is -0.207 e. The van der Waals surface area contributed by atoms with Gasteiger partial charge in [-0.2, -0.15) is 4.31 Å². The number of sulfonamides is 1. The molecule has 0 aliphatic rings. The Morgan fingerprint density at radius 3 is 1.54 bits per heavy atom. The van der Waals surface area contributed by atoms with Gasteiger partial charge in [0.15, 0.2) is 0 Å². The number of benzene rings is 3. The summed E-state index contributed by atoms with van der Waals surface area (Å²) >= 11 is 7.03. The molecule has 134 valence electrons. The molecule has 3 aromatic carbocycles. The lowest BCUT2D eigenvalue weighted by Gasteiger charge is -2.23. The topological polar surface area (TPSA) is 37.4 Å². The van der Waals surface area contributed by atoms with Crippen molar-refractivity contribution in [1.29, 1.82) is 0 Å². The molecule has 0 bridgehead atoms. The van der Waals surface area contributed by atoms with E-state index in [4.69, 9.17) is 0 Å². The molecule has 0 heterocycles. The normalized spacial score (nSPS) is 11.7. The van der Waals surface area contributed by atoms with Crippen LogP contribution in [-0.2, 0) is 23.1 Å². The highest BCUT2D eigenvalue weighted by Crippen LogP contribution is 2.26. The van der Waals surface area contributed by atoms with E-state index >= 15 is 0 Å². The van der Waals surface area contributed by atoms with Gasteiger partial charge in [0.05, 0.1) is 4.90 Å². The zero-order valence-electron chi connectivity index (χ0n) is 13.8. The lowest BCUT2D eigenvalue weighted by Crippen LogP contribution is -2.30. The van der Waals surface area contributed by atoms with E-state index in [1.54, 1.807) is 24.3 Å². The highest BCUT2D eigenvalue weighted by Gasteiger charge is 2.25. The van der Waals surface area contributed by atoms with Crippen molar-refractivity contribution < 1.29 is 8.42 Å². The summed E-state index contributed by atoms with van der Waals surface area (Å²) in [7, 11) is -3.64. The largest absolute Gasteiger partial charge is 0.243 e.